The molecule has 0 aliphatic carbocycles. The highest BCUT2D eigenvalue weighted by Gasteiger charge is 2.39. The number of aryl methyl sites for hydroxylation is 1. The maximum Gasteiger partial charge on any atom is 0.194 e. The number of piperidine rings is 1. The van der Waals surface area contributed by atoms with Gasteiger partial charge in [-0.25, -0.2) is 4.39 Å². The summed E-state index contributed by atoms with van der Waals surface area (Å²) >= 11 is 0. The van der Waals surface area contributed by atoms with Crippen LogP contribution in [0.15, 0.2) is 60.7 Å². The SMILES string of the molecule is Cc1ccc(C(=O)C2(O)CCN(C/C=C/C(O)c3ccc(F)cc3)CC2)cc1. The van der Waals surface area contributed by atoms with E-state index in [1.165, 1.54) is 12.1 Å². The summed E-state index contributed by atoms with van der Waals surface area (Å²) in [5.74, 6) is -0.546. The Hall–Kier alpha value is -2.34. The number of benzene rings is 2. The van der Waals surface area contributed by atoms with Gasteiger partial charge in [0.05, 0.1) is 6.10 Å². The predicted molar refractivity (Wildman–Crippen MR) is 107 cm³/mol. The molecule has 1 fully saturated rings. The fraction of sp³-hybridized carbons (Fsp3) is 0.348. The Morgan fingerprint density at radius 3 is 2.36 bits per heavy atom. The van der Waals surface area contributed by atoms with Crippen LogP contribution in [0, 0.1) is 12.7 Å². The second kappa shape index (κ2) is 8.78. The minimum Gasteiger partial charge on any atom is -0.384 e. The van der Waals surface area contributed by atoms with Crippen LogP contribution in [0.3, 0.4) is 0 Å². The van der Waals surface area contributed by atoms with E-state index in [0.29, 0.717) is 43.6 Å². The van der Waals surface area contributed by atoms with Gasteiger partial charge in [-0.3, -0.25) is 9.69 Å². The first kappa shape index (κ1) is 20.4. The third-order valence-electron chi connectivity index (χ3n) is 5.31. The molecule has 2 aromatic carbocycles. The van der Waals surface area contributed by atoms with Crippen LogP contribution in [0.5, 0.6) is 0 Å². The zero-order valence-electron chi connectivity index (χ0n) is 16.0. The number of halogens is 1. The number of nitrogens with zero attached hydrogens (tertiary/aromatic N) is 1. The van der Waals surface area contributed by atoms with E-state index in [2.05, 4.69) is 4.90 Å². The molecule has 0 bridgehead atoms. The highest BCUT2D eigenvalue weighted by atomic mass is 19.1. The first-order valence-corrected chi connectivity index (χ1v) is 9.54. The molecule has 28 heavy (non-hydrogen) atoms. The van der Waals surface area contributed by atoms with E-state index in [0.717, 1.165) is 5.56 Å². The molecule has 2 aromatic rings. The lowest BCUT2D eigenvalue weighted by atomic mass is 9.84. The molecule has 3 rings (SSSR count). The maximum atomic E-state index is 12.9. The molecule has 0 radical (unpaired) electrons. The second-order valence-corrected chi connectivity index (χ2v) is 7.45. The average molecular weight is 383 g/mol. The third kappa shape index (κ3) is 4.93. The maximum absolute atomic E-state index is 12.9. The lowest BCUT2D eigenvalue weighted by molar-refractivity contribution is -0.00439. The highest BCUT2D eigenvalue weighted by Crippen LogP contribution is 2.26. The zero-order valence-corrected chi connectivity index (χ0v) is 16.0. The smallest absolute Gasteiger partial charge is 0.194 e. The number of aliphatic hydroxyl groups is 2. The Morgan fingerprint density at radius 2 is 1.75 bits per heavy atom. The largest absolute Gasteiger partial charge is 0.384 e. The van der Waals surface area contributed by atoms with E-state index in [9.17, 15) is 19.4 Å². The molecule has 1 saturated heterocycles. The van der Waals surface area contributed by atoms with E-state index < -0.39 is 11.7 Å². The monoisotopic (exact) mass is 383 g/mol. The normalized spacial score (nSPS) is 18.3. The number of Topliss-reactive ketones (excluding diaryl/α,β-unsaturated/α-hetero) is 1. The van der Waals surface area contributed by atoms with Crippen molar-refractivity contribution in [3.8, 4) is 0 Å². The van der Waals surface area contributed by atoms with Crippen molar-refractivity contribution in [1.82, 2.24) is 4.90 Å². The molecular formula is C23H26FNO3. The summed E-state index contributed by atoms with van der Waals surface area (Å²) in [4.78, 5) is 14.8. The number of likely N-dealkylation sites (tertiary alicyclic amines) is 1. The van der Waals surface area contributed by atoms with Crippen molar-refractivity contribution < 1.29 is 19.4 Å². The average Bonchev–Trinajstić information content (AvgIpc) is 2.70. The van der Waals surface area contributed by atoms with Gasteiger partial charge < -0.3 is 10.2 Å². The molecule has 1 unspecified atom stereocenters. The lowest BCUT2D eigenvalue weighted by Crippen LogP contribution is -2.49. The number of hydrogen-bond acceptors (Lipinski definition) is 4. The molecule has 2 N–H and O–H groups in total. The fourth-order valence-corrected chi connectivity index (χ4v) is 3.42. The Labute approximate surface area is 164 Å². The molecule has 0 saturated carbocycles. The molecule has 4 nitrogen and oxygen atoms in total. The van der Waals surface area contributed by atoms with Gasteiger partial charge in [0.1, 0.15) is 11.4 Å². The van der Waals surface area contributed by atoms with Crippen molar-refractivity contribution in [2.75, 3.05) is 19.6 Å². The summed E-state index contributed by atoms with van der Waals surface area (Å²) in [6.45, 7) is 3.78. The predicted octanol–water partition coefficient (Wildman–Crippen LogP) is 3.43. The fourth-order valence-electron chi connectivity index (χ4n) is 3.42. The summed E-state index contributed by atoms with van der Waals surface area (Å²) in [7, 11) is 0. The summed E-state index contributed by atoms with van der Waals surface area (Å²) in [6, 6.07) is 13.0. The van der Waals surface area contributed by atoms with Gasteiger partial charge in [-0.05, 0) is 37.5 Å². The number of ketones is 1. The van der Waals surface area contributed by atoms with Crippen molar-refractivity contribution in [3.63, 3.8) is 0 Å². The van der Waals surface area contributed by atoms with Gasteiger partial charge in [-0.1, -0.05) is 54.1 Å². The molecule has 0 amide bonds. The minimum atomic E-state index is -1.32. The zero-order chi connectivity index (χ0) is 20.1. The highest BCUT2D eigenvalue weighted by molar-refractivity contribution is 6.02. The molecule has 0 aromatic heterocycles. The summed E-state index contributed by atoms with van der Waals surface area (Å²) in [5.41, 5.74) is 0.939. The van der Waals surface area contributed by atoms with Crippen LogP contribution in [0.25, 0.3) is 0 Å². The van der Waals surface area contributed by atoms with Crippen LogP contribution >= 0.6 is 0 Å². The van der Waals surface area contributed by atoms with Crippen molar-refractivity contribution in [3.05, 3.63) is 83.2 Å². The quantitative estimate of drug-likeness (QED) is 0.593. The number of carbonyl (C=O) groups is 1. The minimum absolute atomic E-state index is 0.213. The first-order valence-electron chi connectivity index (χ1n) is 9.54. The van der Waals surface area contributed by atoms with Gasteiger partial charge in [0.25, 0.3) is 0 Å². The Bertz CT molecular complexity index is 822. The Balaban J connectivity index is 1.51. The van der Waals surface area contributed by atoms with Crippen LogP contribution in [0.4, 0.5) is 4.39 Å². The van der Waals surface area contributed by atoms with Gasteiger partial charge >= 0.3 is 0 Å². The van der Waals surface area contributed by atoms with E-state index >= 15 is 0 Å². The molecule has 1 heterocycles. The number of carbonyl (C=O) groups excluding carboxylic acids is 1. The van der Waals surface area contributed by atoms with E-state index in [-0.39, 0.29) is 11.6 Å². The van der Waals surface area contributed by atoms with Gasteiger partial charge in [0.15, 0.2) is 5.78 Å². The van der Waals surface area contributed by atoms with Crippen LogP contribution < -0.4 is 0 Å². The lowest BCUT2D eigenvalue weighted by Gasteiger charge is -2.36. The second-order valence-electron chi connectivity index (χ2n) is 7.45. The number of hydrogen-bond donors (Lipinski definition) is 2. The molecular weight excluding hydrogens is 357 g/mol. The van der Waals surface area contributed by atoms with Crippen LogP contribution in [-0.2, 0) is 0 Å². The van der Waals surface area contributed by atoms with Gasteiger partial charge in [0.2, 0.25) is 0 Å². The van der Waals surface area contributed by atoms with Crippen molar-refractivity contribution >= 4 is 5.78 Å². The van der Waals surface area contributed by atoms with Crippen LogP contribution in [0.2, 0.25) is 0 Å². The number of aliphatic hydroxyl groups excluding tert-OH is 1. The molecule has 1 atom stereocenters. The molecule has 1 aliphatic rings. The van der Waals surface area contributed by atoms with Gasteiger partial charge in [-0.2, -0.15) is 0 Å². The van der Waals surface area contributed by atoms with Crippen LogP contribution in [0.1, 0.15) is 40.4 Å². The summed E-state index contributed by atoms with van der Waals surface area (Å²) in [6.07, 6.45) is 3.51. The molecule has 0 spiro atoms. The number of rotatable bonds is 6. The first-order chi connectivity index (χ1) is 13.4. The van der Waals surface area contributed by atoms with E-state index in [1.54, 1.807) is 30.3 Å². The summed E-state index contributed by atoms with van der Waals surface area (Å²) in [5, 5.41) is 20.9. The van der Waals surface area contributed by atoms with E-state index in [1.807, 2.05) is 25.1 Å². The van der Waals surface area contributed by atoms with Crippen molar-refractivity contribution in [2.24, 2.45) is 0 Å². The topological polar surface area (TPSA) is 60.8 Å². The van der Waals surface area contributed by atoms with Crippen molar-refractivity contribution in [1.29, 1.82) is 0 Å². The summed E-state index contributed by atoms with van der Waals surface area (Å²) < 4.78 is 12.9. The van der Waals surface area contributed by atoms with Crippen LogP contribution in [-0.4, -0.2) is 46.1 Å². The molecule has 148 valence electrons. The molecule has 5 heteroatoms. The standard InChI is InChI=1S/C23H26FNO3/c1-17-4-6-19(7-5-17)22(27)23(28)12-15-25(16-13-23)14-2-3-21(26)18-8-10-20(24)11-9-18/h2-11,21,26,28H,12-16H2,1H3/b3-2+. The third-order valence-corrected chi connectivity index (χ3v) is 5.31. The molecule has 1 aliphatic heterocycles. The van der Waals surface area contributed by atoms with Crippen molar-refractivity contribution in [2.45, 2.75) is 31.5 Å². The van der Waals surface area contributed by atoms with E-state index in [4.69, 9.17) is 0 Å². The van der Waals surface area contributed by atoms with Gasteiger partial charge in [-0.15, -0.1) is 0 Å². The van der Waals surface area contributed by atoms with Gasteiger partial charge in [0, 0.05) is 25.2 Å². The Kier molecular flexibility index (Phi) is 6.39. The Morgan fingerprint density at radius 1 is 1.14 bits per heavy atom.